The minimum absolute atomic E-state index is 0.264. The Bertz CT molecular complexity index is 312. The summed E-state index contributed by atoms with van der Waals surface area (Å²) in [7, 11) is 0. The quantitative estimate of drug-likeness (QED) is 0.376. The van der Waals surface area contributed by atoms with Crippen LogP contribution in [0.15, 0.2) is 33.9 Å². The number of oxime groups is 1. The van der Waals surface area contributed by atoms with Gasteiger partial charge in [0.2, 0.25) is 5.90 Å². The van der Waals surface area contributed by atoms with E-state index in [0.717, 1.165) is 10.0 Å². The third-order valence-corrected chi connectivity index (χ3v) is 1.97. The van der Waals surface area contributed by atoms with E-state index in [1.54, 1.807) is 6.92 Å². The molecule has 0 fully saturated rings. The molecule has 0 aliphatic rings. The van der Waals surface area contributed by atoms with Gasteiger partial charge in [0.25, 0.3) is 0 Å². The Morgan fingerprint density at radius 1 is 1.62 bits per heavy atom. The van der Waals surface area contributed by atoms with Gasteiger partial charge in [-0.25, -0.2) is 0 Å². The number of halogens is 1. The third kappa shape index (κ3) is 3.46. The average molecular weight is 244 g/mol. The van der Waals surface area contributed by atoms with Crippen LogP contribution in [0.4, 0.5) is 0 Å². The van der Waals surface area contributed by atoms with E-state index in [0.29, 0.717) is 6.61 Å². The molecule has 1 N–H and O–H groups in total. The summed E-state index contributed by atoms with van der Waals surface area (Å²) < 4.78 is 6.12. The predicted octanol–water partition coefficient (Wildman–Crippen LogP) is 2.77. The first-order valence-electron chi connectivity index (χ1n) is 3.78. The van der Waals surface area contributed by atoms with Gasteiger partial charge in [0.05, 0.1) is 0 Å². The summed E-state index contributed by atoms with van der Waals surface area (Å²) >= 11 is 3.35. The van der Waals surface area contributed by atoms with Crippen molar-refractivity contribution < 1.29 is 9.94 Å². The van der Waals surface area contributed by atoms with Gasteiger partial charge in [0, 0.05) is 11.4 Å². The highest BCUT2D eigenvalue weighted by molar-refractivity contribution is 9.10. The molecular weight excluding hydrogens is 234 g/mol. The van der Waals surface area contributed by atoms with Crippen molar-refractivity contribution in [1.82, 2.24) is 0 Å². The zero-order valence-electron chi connectivity index (χ0n) is 7.20. The second kappa shape index (κ2) is 4.87. The summed E-state index contributed by atoms with van der Waals surface area (Å²) in [6, 6.07) is 7.75. The molecule has 0 aromatic heterocycles. The Kier molecular flexibility index (Phi) is 3.76. The lowest BCUT2D eigenvalue weighted by Crippen LogP contribution is -1.99. The second-order valence-electron chi connectivity index (χ2n) is 2.54. The number of benzene rings is 1. The molecule has 1 aromatic rings. The van der Waals surface area contributed by atoms with Gasteiger partial charge in [0.1, 0.15) is 6.61 Å². The minimum atomic E-state index is 0.264. The van der Waals surface area contributed by atoms with Crippen molar-refractivity contribution in [3.8, 4) is 0 Å². The zero-order valence-corrected chi connectivity index (χ0v) is 8.78. The van der Waals surface area contributed by atoms with Crippen molar-refractivity contribution in [2.45, 2.75) is 13.5 Å². The fourth-order valence-corrected chi connectivity index (χ4v) is 1.29. The van der Waals surface area contributed by atoms with Gasteiger partial charge in [0.15, 0.2) is 0 Å². The lowest BCUT2D eigenvalue weighted by atomic mass is 10.2. The van der Waals surface area contributed by atoms with Crippen molar-refractivity contribution in [1.29, 1.82) is 0 Å². The van der Waals surface area contributed by atoms with Gasteiger partial charge < -0.3 is 9.94 Å². The van der Waals surface area contributed by atoms with Crippen molar-refractivity contribution >= 4 is 21.8 Å². The summed E-state index contributed by atoms with van der Waals surface area (Å²) in [6.45, 7) is 2.01. The smallest absolute Gasteiger partial charge is 0.222 e. The molecule has 0 spiro atoms. The number of rotatable bonds is 2. The average Bonchev–Trinajstić information content (AvgIpc) is 2.14. The highest BCUT2D eigenvalue weighted by atomic mass is 79.9. The maximum absolute atomic E-state index is 8.32. The molecule has 4 heteroatoms. The van der Waals surface area contributed by atoms with Crippen LogP contribution in [-0.2, 0) is 11.3 Å². The Hall–Kier alpha value is -1.03. The van der Waals surface area contributed by atoms with E-state index in [9.17, 15) is 0 Å². The number of hydrogen-bond donors (Lipinski definition) is 1. The van der Waals surface area contributed by atoms with Crippen LogP contribution in [0.1, 0.15) is 12.5 Å². The van der Waals surface area contributed by atoms with E-state index in [-0.39, 0.29) is 5.90 Å². The summed E-state index contributed by atoms with van der Waals surface area (Å²) in [5, 5.41) is 11.2. The molecule has 0 aliphatic carbocycles. The Balaban J connectivity index is 2.55. The highest BCUT2D eigenvalue weighted by Crippen LogP contribution is 2.12. The van der Waals surface area contributed by atoms with Gasteiger partial charge in [-0.15, -0.1) is 0 Å². The molecule has 0 saturated heterocycles. The van der Waals surface area contributed by atoms with Crippen LogP contribution in [0.3, 0.4) is 0 Å². The first kappa shape index (κ1) is 10.1. The Morgan fingerprint density at radius 3 is 3.00 bits per heavy atom. The molecule has 1 aromatic carbocycles. The maximum atomic E-state index is 8.32. The standard InChI is InChI=1S/C9H10BrNO2/c1-7(11-12)13-6-8-3-2-4-9(10)5-8/h2-5,12H,6H2,1H3. The van der Waals surface area contributed by atoms with Crippen molar-refractivity contribution in [2.75, 3.05) is 0 Å². The van der Waals surface area contributed by atoms with Gasteiger partial charge in [-0.1, -0.05) is 33.2 Å². The lowest BCUT2D eigenvalue weighted by Gasteiger charge is -2.03. The molecule has 70 valence electrons. The molecule has 13 heavy (non-hydrogen) atoms. The lowest BCUT2D eigenvalue weighted by molar-refractivity contribution is 0.245. The molecule has 0 saturated carbocycles. The van der Waals surface area contributed by atoms with Crippen LogP contribution >= 0.6 is 15.9 Å². The fourth-order valence-electron chi connectivity index (χ4n) is 0.843. The monoisotopic (exact) mass is 243 g/mol. The van der Waals surface area contributed by atoms with Gasteiger partial charge in [-0.3, -0.25) is 0 Å². The van der Waals surface area contributed by atoms with Crippen LogP contribution < -0.4 is 0 Å². The third-order valence-electron chi connectivity index (χ3n) is 1.48. The normalized spacial score (nSPS) is 11.4. The van der Waals surface area contributed by atoms with Crippen LogP contribution in [0, 0.1) is 0 Å². The SMILES string of the molecule is CC(=NO)OCc1cccc(Br)c1. The summed E-state index contributed by atoms with van der Waals surface area (Å²) in [5.41, 5.74) is 1.03. The molecule has 0 unspecified atom stereocenters. The molecule has 0 atom stereocenters. The van der Waals surface area contributed by atoms with E-state index >= 15 is 0 Å². The highest BCUT2D eigenvalue weighted by Gasteiger charge is 1.95. The Labute approximate surface area is 85.2 Å². The molecule has 3 nitrogen and oxygen atoms in total. The van der Waals surface area contributed by atoms with Crippen molar-refractivity contribution in [3.05, 3.63) is 34.3 Å². The van der Waals surface area contributed by atoms with E-state index in [1.807, 2.05) is 24.3 Å². The molecular formula is C9H10BrNO2. The van der Waals surface area contributed by atoms with E-state index in [2.05, 4.69) is 21.1 Å². The van der Waals surface area contributed by atoms with Crippen LogP contribution in [0.5, 0.6) is 0 Å². The van der Waals surface area contributed by atoms with E-state index in [1.165, 1.54) is 0 Å². The molecule has 0 heterocycles. The predicted molar refractivity (Wildman–Crippen MR) is 53.8 cm³/mol. The van der Waals surface area contributed by atoms with E-state index in [4.69, 9.17) is 9.94 Å². The van der Waals surface area contributed by atoms with Crippen LogP contribution in [0.25, 0.3) is 0 Å². The largest absolute Gasteiger partial charge is 0.474 e. The van der Waals surface area contributed by atoms with Gasteiger partial charge >= 0.3 is 0 Å². The molecule has 0 bridgehead atoms. The summed E-state index contributed by atoms with van der Waals surface area (Å²) in [4.78, 5) is 0. The topological polar surface area (TPSA) is 41.8 Å². The first-order valence-corrected chi connectivity index (χ1v) is 4.57. The van der Waals surface area contributed by atoms with Crippen molar-refractivity contribution in [3.63, 3.8) is 0 Å². The summed E-state index contributed by atoms with van der Waals surface area (Å²) in [5.74, 6) is 0.264. The number of ether oxygens (including phenoxy) is 1. The van der Waals surface area contributed by atoms with Gasteiger partial charge in [-0.05, 0) is 17.7 Å². The van der Waals surface area contributed by atoms with Gasteiger partial charge in [-0.2, -0.15) is 0 Å². The van der Waals surface area contributed by atoms with E-state index < -0.39 is 0 Å². The maximum Gasteiger partial charge on any atom is 0.222 e. The second-order valence-corrected chi connectivity index (χ2v) is 3.45. The number of hydrogen-bond acceptors (Lipinski definition) is 3. The zero-order chi connectivity index (χ0) is 9.68. The fraction of sp³-hybridized carbons (Fsp3) is 0.222. The number of nitrogens with zero attached hydrogens (tertiary/aromatic N) is 1. The van der Waals surface area contributed by atoms with Crippen LogP contribution in [-0.4, -0.2) is 11.1 Å². The molecule has 0 aliphatic heterocycles. The minimum Gasteiger partial charge on any atom is -0.474 e. The van der Waals surface area contributed by atoms with Crippen LogP contribution in [0.2, 0.25) is 0 Å². The Morgan fingerprint density at radius 2 is 2.38 bits per heavy atom. The van der Waals surface area contributed by atoms with Crippen molar-refractivity contribution in [2.24, 2.45) is 5.16 Å². The molecule has 1 rings (SSSR count). The molecule has 0 amide bonds. The first-order chi connectivity index (χ1) is 6.22. The summed E-state index contributed by atoms with van der Waals surface area (Å²) in [6.07, 6.45) is 0. The molecule has 0 radical (unpaired) electrons.